The Bertz CT molecular complexity index is 1410. The van der Waals surface area contributed by atoms with Crippen LogP contribution in [0.2, 0.25) is 0 Å². The fourth-order valence-electron chi connectivity index (χ4n) is 4.55. The number of carbonyl (C=O) groups is 2. The largest absolute Gasteiger partial charge is 0.465 e. The Kier molecular flexibility index (Phi) is 6.48. The first-order chi connectivity index (χ1) is 17.5. The van der Waals surface area contributed by atoms with Crippen LogP contribution in [-0.4, -0.2) is 38.9 Å². The smallest absolute Gasteiger partial charge is 0.411 e. The maximum Gasteiger partial charge on any atom is 0.411 e. The number of amides is 1. The van der Waals surface area contributed by atoms with Gasteiger partial charge >= 0.3 is 12.1 Å². The maximum atomic E-state index is 12.6. The van der Waals surface area contributed by atoms with Crippen molar-refractivity contribution < 1.29 is 19.1 Å². The Labute approximate surface area is 207 Å². The Morgan fingerprint density at radius 3 is 2.64 bits per heavy atom. The molecule has 184 valence electrons. The third-order valence-electron chi connectivity index (χ3n) is 6.34. The monoisotopic (exact) mass is 486 g/mol. The van der Waals surface area contributed by atoms with Gasteiger partial charge in [-0.2, -0.15) is 5.10 Å². The van der Waals surface area contributed by atoms with E-state index in [1.54, 1.807) is 18.2 Å². The van der Waals surface area contributed by atoms with E-state index in [1.807, 2.05) is 35.0 Å². The molecule has 2 aromatic heterocycles. The molecule has 1 aliphatic carbocycles. The molecule has 0 spiro atoms. The molecule has 1 fully saturated rings. The van der Waals surface area contributed by atoms with Gasteiger partial charge in [0.25, 0.3) is 0 Å². The van der Waals surface area contributed by atoms with Gasteiger partial charge < -0.3 is 15.2 Å². The molecule has 0 unspecified atom stereocenters. The molecule has 0 atom stereocenters. The number of methoxy groups -OCH3 is 1. The van der Waals surface area contributed by atoms with Crippen molar-refractivity contribution in [1.29, 1.82) is 0 Å². The van der Waals surface area contributed by atoms with Crippen LogP contribution < -0.4 is 11.1 Å². The van der Waals surface area contributed by atoms with E-state index in [-0.39, 0.29) is 23.9 Å². The van der Waals surface area contributed by atoms with E-state index in [0.717, 1.165) is 31.2 Å². The summed E-state index contributed by atoms with van der Waals surface area (Å²) in [5.74, 6) is -0.301. The maximum absolute atomic E-state index is 12.6. The number of esters is 1. The van der Waals surface area contributed by atoms with Gasteiger partial charge in [0.15, 0.2) is 5.65 Å². The van der Waals surface area contributed by atoms with Crippen molar-refractivity contribution in [3.8, 4) is 11.3 Å². The summed E-state index contributed by atoms with van der Waals surface area (Å²) < 4.78 is 12.2. The lowest BCUT2D eigenvalue weighted by Crippen LogP contribution is -2.16. The summed E-state index contributed by atoms with van der Waals surface area (Å²) >= 11 is 0. The van der Waals surface area contributed by atoms with Crippen molar-refractivity contribution in [2.45, 2.75) is 38.3 Å². The molecule has 10 nitrogen and oxygen atoms in total. The number of nitrogen functional groups attached to an aromatic ring is 1. The van der Waals surface area contributed by atoms with E-state index in [0.29, 0.717) is 28.1 Å². The second-order valence-electron chi connectivity index (χ2n) is 8.63. The zero-order valence-electron chi connectivity index (χ0n) is 19.8. The first kappa shape index (κ1) is 23.3. The van der Waals surface area contributed by atoms with Crippen LogP contribution in [0.25, 0.3) is 22.3 Å². The zero-order valence-corrected chi connectivity index (χ0v) is 19.8. The molecule has 0 saturated heterocycles. The lowest BCUT2D eigenvalue weighted by atomic mass is 10.0. The number of ether oxygens (including phenoxy) is 2. The second kappa shape index (κ2) is 10.0. The minimum absolute atomic E-state index is 0.0994. The van der Waals surface area contributed by atoms with Crippen molar-refractivity contribution in [2.75, 3.05) is 18.2 Å². The number of nitrogens with one attached hydrogen (secondary N) is 1. The molecule has 4 aromatic rings. The van der Waals surface area contributed by atoms with E-state index < -0.39 is 12.1 Å². The van der Waals surface area contributed by atoms with Crippen LogP contribution in [0.15, 0.2) is 54.9 Å². The summed E-state index contributed by atoms with van der Waals surface area (Å²) in [6.45, 7) is 0.0994. The number of fused-ring (bicyclic) bond motifs is 1. The summed E-state index contributed by atoms with van der Waals surface area (Å²) in [6.07, 6.45) is 5.04. The predicted molar refractivity (Wildman–Crippen MR) is 134 cm³/mol. The zero-order chi connectivity index (χ0) is 25.1. The SMILES string of the molecule is COC(=O)c1cc(-c2nn(C3CCCC3)c3ncnc(N)c23)ccc1NC(=O)OCc1ccccc1. The molecule has 0 aliphatic heterocycles. The minimum Gasteiger partial charge on any atom is -0.465 e. The fourth-order valence-corrected chi connectivity index (χ4v) is 4.55. The van der Waals surface area contributed by atoms with Crippen molar-refractivity contribution >= 4 is 34.6 Å². The van der Waals surface area contributed by atoms with Gasteiger partial charge in [0.05, 0.1) is 29.8 Å². The highest BCUT2D eigenvalue weighted by atomic mass is 16.5. The molecule has 5 rings (SSSR count). The van der Waals surface area contributed by atoms with Crippen molar-refractivity contribution in [3.05, 3.63) is 66.0 Å². The second-order valence-corrected chi connectivity index (χ2v) is 8.63. The Morgan fingerprint density at radius 2 is 1.89 bits per heavy atom. The molecule has 3 N–H and O–H groups in total. The molecular formula is C26H26N6O4. The van der Waals surface area contributed by atoms with Gasteiger partial charge in [0, 0.05) is 5.56 Å². The van der Waals surface area contributed by atoms with Gasteiger partial charge in [-0.15, -0.1) is 0 Å². The number of nitrogens with two attached hydrogens (primary N) is 1. The number of hydrogen-bond acceptors (Lipinski definition) is 8. The number of aromatic nitrogens is 4. The van der Waals surface area contributed by atoms with Crippen molar-refractivity contribution in [3.63, 3.8) is 0 Å². The fraction of sp³-hybridized carbons (Fsp3) is 0.269. The number of carbonyl (C=O) groups excluding carboxylic acids is 2. The lowest BCUT2D eigenvalue weighted by molar-refractivity contribution is 0.0602. The number of anilines is 2. The third-order valence-corrected chi connectivity index (χ3v) is 6.34. The molecule has 1 aliphatic rings. The summed E-state index contributed by atoms with van der Waals surface area (Å²) in [6, 6.07) is 14.5. The average Bonchev–Trinajstić information content (AvgIpc) is 3.57. The Balaban J connectivity index is 1.48. The van der Waals surface area contributed by atoms with Crippen LogP contribution in [0.5, 0.6) is 0 Å². The number of benzene rings is 2. The van der Waals surface area contributed by atoms with Gasteiger partial charge in [-0.3, -0.25) is 5.32 Å². The molecule has 2 heterocycles. The predicted octanol–water partition coefficient (Wildman–Crippen LogP) is 4.73. The molecule has 2 aromatic carbocycles. The van der Waals surface area contributed by atoms with Crippen molar-refractivity contribution in [1.82, 2.24) is 19.7 Å². The molecule has 1 saturated carbocycles. The number of hydrogen-bond donors (Lipinski definition) is 2. The molecule has 10 heteroatoms. The van der Waals surface area contributed by atoms with Crippen LogP contribution in [0.4, 0.5) is 16.3 Å². The standard InChI is InChI=1S/C26H26N6O4/c1-35-25(33)19-13-17(11-12-20(19)30-26(34)36-14-16-7-3-2-4-8-16)22-21-23(27)28-15-29-24(21)32(31-22)18-9-5-6-10-18/h2-4,7-8,11-13,15,18H,5-6,9-10,14H2,1H3,(H,30,34)(H2,27,28,29). The van der Waals surface area contributed by atoms with E-state index in [4.69, 9.17) is 20.3 Å². The quantitative estimate of drug-likeness (QED) is 0.374. The number of rotatable bonds is 6. The highest BCUT2D eigenvalue weighted by molar-refractivity contribution is 6.03. The van der Waals surface area contributed by atoms with E-state index >= 15 is 0 Å². The summed E-state index contributed by atoms with van der Waals surface area (Å²) in [4.78, 5) is 33.7. The Morgan fingerprint density at radius 1 is 1.11 bits per heavy atom. The van der Waals surface area contributed by atoms with E-state index in [2.05, 4.69) is 15.3 Å². The third kappa shape index (κ3) is 4.57. The summed E-state index contributed by atoms with van der Waals surface area (Å²) in [5.41, 5.74) is 9.36. The van der Waals surface area contributed by atoms with Crippen LogP contribution in [0.3, 0.4) is 0 Å². The molecular weight excluding hydrogens is 460 g/mol. The Hall–Kier alpha value is -4.47. The van der Waals surface area contributed by atoms with Crippen LogP contribution in [-0.2, 0) is 16.1 Å². The molecule has 0 bridgehead atoms. The molecule has 36 heavy (non-hydrogen) atoms. The normalized spacial score (nSPS) is 13.6. The average molecular weight is 487 g/mol. The first-order valence-corrected chi connectivity index (χ1v) is 11.7. The summed E-state index contributed by atoms with van der Waals surface area (Å²) in [7, 11) is 1.28. The minimum atomic E-state index is -0.689. The van der Waals surface area contributed by atoms with Gasteiger partial charge in [0.1, 0.15) is 24.4 Å². The van der Waals surface area contributed by atoms with Gasteiger partial charge in [-0.1, -0.05) is 49.2 Å². The highest BCUT2D eigenvalue weighted by Gasteiger charge is 2.25. The van der Waals surface area contributed by atoms with Gasteiger partial charge in [-0.05, 0) is 30.5 Å². The van der Waals surface area contributed by atoms with Crippen LogP contribution in [0, 0.1) is 0 Å². The summed E-state index contributed by atoms with van der Waals surface area (Å²) in [5, 5.41) is 8.12. The molecule has 1 amide bonds. The lowest BCUT2D eigenvalue weighted by Gasteiger charge is -2.12. The topological polar surface area (TPSA) is 134 Å². The van der Waals surface area contributed by atoms with Crippen LogP contribution in [0.1, 0.15) is 47.6 Å². The highest BCUT2D eigenvalue weighted by Crippen LogP contribution is 2.37. The van der Waals surface area contributed by atoms with E-state index in [1.165, 1.54) is 13.4 Å². The molecule has 0 radical (unpaired) electrons. The van der Waals surface area contributed by atoms with E-state index in [9.17, 15) is 9.59 Å². The van der Waals surface area contributed by atoms with Crippen molar-refractivity contribution in [2.24, 2.45) is 0 Å². The van der Waals surface area contributed by atoms with Gasteiger partial charge in [-0.25, -0.2) is 24.2 Å². The van der Waals surface area contributed by atoms with Crippen LogP contribution >= 0.6 is 0 Å². The number of nitrogens with zero attached hydrogens (tertiary/aromatic N) is 4. The van der Waals surface area contributed by atoms with Gasteiger partial charge in [0.2, 0.25) is 0 Å². The first-order valence-electron chi connectivity index (χ1n) is 11.7.